The summed E-state index contributed by atoms with van der Waals surface area (Å²) in [6.45, 7) is 24.6. The molecule has 2 nitrogen and oxygen atoms in total. The minimum absolute atomic E-state index is 0. The van der Waals surface area contributed by atoms with Gasteiger partial charge in [-0.2, -0.15) is 0 Å². The number of hydrogen-bond donors (Lipinski definition) is 0. The van der Waals surface area contributed by atoms with Crippen LogP contribution in [0.15, 0.2) is 0 Å². The minimum Gasteiger partial charge on any atom is -1.00 e. The summed E-state index contributed by atoms with van der Waals surface area (Å²) < 4.78 is 1.38. The molecule has 0 amide bonds. The van der Waals surface area contributed by atoms with Crippen LogP contribution in [-0.2, 0) is 0 Å². The fraction of sp³-hybridized carbons (Fsp3) is 1.00. The smallest absolute Gasteiger partial charge is 0.0789 e. The standard InChI is InChI=1S/C20H44N.HI.H2O/c1-17(2)9-13-21(14-10-18(3)4,15-11-19(5)6)16-12-20(7)8;;/h17-20H,9-16H2,1-8H3;1H;1H2/q+1;;/p-1. The maximum Gasteiger partial charge on any atom is 0.0789 e. The lowest BCUT2D eigenvalue weighted by Crippen LogP contribution is -3.00. The highest BCUT2D eigenvalue weighted by molar-refractivity contribution is 4.56. The lowest BCUT2D eigenvalue weighted by Gasteiger charge is -2.41. The van der Waals surface area contributed by atoms with E-state index in [1.54, 1.807) is 0 Å². The molecule has 0 fully saturated rings. The van der Waals surface area contributed by atoms with Crippen molar-refractivity contribution in [3.8, 4) is 0 Å². The molecule has 0 aromatic rings. The van der Waals surface area contributed by atoms with Crippen LogP contribution >= 0.6 is 0 Å². The summed E-state index contributed by atoms with van der Waals surface area (Å²) in [6, 6.07) is 0. The van der Waals surface area contributed by atoms with Gasteiger partial charge in [0.1, 0.15) is 0 Å². The average Bonchev–Trinajstić information content (AvgIpc) is 2.36. The zero-order chi connectivity index (χ0) is 16.5. The summed E-state index contributed by atoms with van der Waals surface area (Å²) in [5.41, 5.74) is 0. The van der Waals surface area contributed by atoms with Crippen LogP contribution in [0.25, 0.3) is 0 Å². The van der Waals surface area contributed by atoms with E-state index in [1.807, 2.05) is 0 Å². The molecule has 23 heavy (non-hydrogen) atoms. The highest BCUT2D eigenvalue weighted by atomic mass is 127. The maximum absolute atomic E-state index is 2.38. The van der Waals surface area contributed by atoms with E-state index in [4.69, 9.17) is 0 Å². The number of rotatable bonds is 12. The van der Waals surface area contributed by atoms with E-state index in [2.05, 4.69) is 55.4 Å². The Kier molecular flexibility index (Phi) is 18.5. The Morgan fingerprint density at radius 2 is 0.652 bits per heavy atom. The summed E-state index contributed by atoms with van der Waals surface area (Å²) >= 11 is 0. The molecule has 0 saturated heterocycles. The molecule has 2 N–H and O–H groups in total. The molecular weight excluding hydrogens is 397 g/mol. The van der Waals surface area contributed by atoms with Crippen molar-refractivity contribution < 1.29 is 33.9 Å². The van der Waals surface area contributed by atoms with Crippen LogP contribution in [0.4, 0.5) is 0 Å². The quantitative estimate of drug-likeness (QED) is 0.327. The predicted octanol–water partition coefficient (Wildman–Crippen LogP) is 2.17. The Bertz CT molecular complexity index is 199. The van der Waals surface area contributed by atoms with Crippen molar-refractivity contribution in [1.82, 2.24) is 0 Å². The van der Waals surface area contributed by atoms with Crippen molar-refractivity contribution in [3.05, 3.63) is 0 Å². The van der Waals surface area contributed by atoms with Gasteiger partial charge in [0.15, 0.2) is 0 Å². The summed E-state index contributed by atoms with van der Waals surface area (Å²) in [5.74, 6) is 3.33. The molecule has 0 bridgehead atoms. The van der Waals surface area contributed by atoms with Gasteiger partial charge in [-0.25, -0.2) is 0 Å². The molecule has 144 valence electrons. The first-order chi connectivity index (χ1) is 9.67. The third-order valence-electron chi connectivity index (χ3n) is 4.72. The number of quaternary nitrogens is 1. The van der Waals surface area contributed by atoms with E-state index in [0.717, 1.165) is 23.7 Å². The first kappa shape index (κ1) is 28.5. The monoisotopic (exact) mass is 443 g/mol. The van der Waals surface area contributed by atoms with Gasteiger partial charge in [-0.1, -0.05) is 55.4 Å². The van der Waals surface area contributed by atoms with Gasteiger partial charge in [-0.15, -0.1) is 0 Å². The van der Waals surface area contributed by atoms with E-state index < -0.39 is 0 Å². The SMILES string of the molecule is CC(C)CC[N+](CCC(C)C)(CCC(C)C)CCC(C)C.O.[I-]. The van der Waals surface area contributed by atoms with E-state index >= 15 is 0 Å². The van der Waals surface area contributed by atoms with Crippen LogP contribution in [0, 0.1) is 23.7 Å². The second kappa shape index (κ2) is 14.9. The molecule has 0 aliphatic heterocycles. The Morgan fingerprint density at radius 3 is 0.783 bits per heavy atom. The number of halogens is 1. The predicted molar refractivity (Wildman–Crippen MR) is 101 cm³/mol. The Morgan fingerprint density at radius 1 is 0.478 bits per heavy atom. The minimum atomic E-state index is 0. The first-order valence-electron chi connectivity index (χ1n) is 9.52. The van der Waals surface area contributed by atoms with E-state index in [0.29, 0.717) is 0 Å². The Balaban J connectivity index is -0.00000200. The molecule has 0 spiro atoms. The number of hydrogen-bond acceptors (Lipinski definition) is 0. The molecule has 0 rings (SSSR count). The first-order valence-corrected chi connectivity index (χ1v) is 9.52. The molecule has 0 aromatic carbocycles. The third-order valence-corrected chi connectivity index (χ3v) is 4.72. The topological polar surface area (TPSA) is 31.5 Å². The molecule has 0 unspecified atom stereocenters. The molecule has 0 aromatic heterocycles. The van der Waals surface area contributed by atoms with Crippen LogP contribution in [-0.4, -0.2) is 36.1 Å². The van der Waals surface area contributed by atoms with Gasteiger partial charge in [0.2, 0.25) is 0 Å². The molecular formula is C20H46INO. The van der Waals surface area contributed by atoms with Crippen LogP contribution in [0.3, 0.4) is 0 Å². The lowest BCUT2D eigenvalue weighted by atomic mass is 10.0. The van der Waals surface area contributed by atoms with Gasteiger partial charge >= 0.3 is 0 Å². The lowest BCUT2D eigenvalue weighted by molar-refractivity contribution is -0.930. The van der Waals surface area contributed by atoms with Crippen molar-refractivity contribution >= 4 is 0 Å². The zero-order valence-corrected chi connectivity index (χ0v) is 19.4. The van der Waals surface area contributed by atoms with Gasteiger partial charge in [-0.3, -0.25) is 0 Å². The Hall–Kier alpha value is 0.650. The molecule has 0 aliphatic carbocycles. The highest BCUT2D eigenvalue weighted by Gasteiger charge is 2.27. The molecule has 0 aliphatic rings. The molecule has 0 heterocycles. The van der Waals surface area contributed by atoms with Crippen LogP contribution in [0.2, 0.25) is 0 Å². The second-order valence-corrected chi connectivity index (χ2v) is 8.97. The second-order valence-electron chi connectivity index (χ2n) is 8.97. The van der Waals surface area contributed by atoms with Gasteiger partial charge in [0.05, 0.1) is 26.2 Å². The van der Waals surface area contributed by atoms with Crippen molar-refractivity contribution in [2.75, 3.05) is 26.2 Å². The van der Waals surface area contributed by atoms with Crippen LogP contribution in [0.5, 0.6) is 0 Å². The van der Waals surface area contributed by atoms with E-state index in [1.165, 1.54) is 56.3 Å². The van der Waals surface area contributed by atoms with E-state index in [9.17, 15) is 0 Å². The Labute approximate surface area is 164 Å². The molecule has 3 heteroatoms. The van der Waals surface area contributed by atoms with Gasteiger partial charge in [0.25, 0.3) is 0 Å². The summed E-state index contributed by atoms with van der Waals surface area (Å²) in [7, 11) is 0. The average molecular weight is 443 g/mol. The summed E-state index contributed by atoms with van der Waals surface area (Å²) in [5, 5.41) is 0. The highest BCUT2D eigenvalue weighted by Crippen LogP contribution is 2.21. The summed E-state index contributed by atoms with van der Waals surface area (Å²) in [4.78, 5) is 0. The van der Waals surface area contributed by atoms with Crippen LogP contribution < -0.4 is 24.0 Å². The fourth-order valence-corrected chi connectivity index (χ4v) is 2.80. The van der Waals surface area contributed by atoms with Crippen molar-refractivity contribution in [2.45, 2.75) is 81.1 Å². The molecule has 0 atom stereocenters. The fourth-order valence-electron chi connectivity index (χ4n) is 2.80. The molecule has 0 radical (unpaired) electrons. The van der Waals surface area contributed by atoms with Crippen molar-refractivity contribution in [1.29, 1.82) is 0 Å². The normalized spacial score (nSPS) is 12.0. The van der Waals surface area contributed by atoms with Gasteiger partial charge < -0.3 is 33.9 Å². The van der Waals surface area contributed by atoms with Gasteiger partial charge in [-0.05, 0) is 49.4 Å². The summed E-state index contributed by atoms with van der Waals surface area (Å²) in [6.07, 6.45) is 5.53. The largest absolute Gasteiger partial charge is 1.00 e. The number of nitrogens with zero attached hydrogens (tertiary/aromatic N) is 1. The maximum atomic E-state index is 2.38. The zero-order valence-electron chi connectivity index (χ0n) is 17.3. The molecule has 0 saturated carbocycles. The van der Waals surface area contributed by atoms with Crippen molar-refractivity contribution in [3.63, 3.8) is 0 Å². The van der Waals surface area contributed by atoms with E-state index in [-0.39, 0.29) is 29.5 Å². The van der Waals surface area contributed by atoms with Gasteiger partial charge in [0, 0.05) is 0 Å². The third kappa shape index (κ3) is 15.9. The van der Waals surface area contributed by atoms with Crippen LogP contribution in [0.1, 0.15) is 81.1 Å². The van der Waals surface area contributed by atoms with Crippen molar-refractivity contribution in [2.24, 2.45) is 23.7 Å².